The van der Waals surface area contributed by atoms with E-state index in [1.165, 1.54) is 11.3 Å². The maximum atomic E-state index is 12.1. The second-order valence-corrected chi connectivity index (χ2v) is 4.66. The van der Waals surface area contributed by atoms with E-state index >= 15 is 0 Å². The van der Waals surface area contributed by atoms with Crippen molar-refractivity contribution in [2.24, 2.45) is 0 Å². The number of aryl methyl sites for hydroxylation is 1. The lowest BCUT2D eigenvalue weighted by atomic mass is 10.2. The molecule has 1 unspecified atom stereocenters. The Kier molecular flexibility index (Phi) is 3.17. The summed E-state index contributed by atoms with van der Waals surface area (Å²) in [6.45, 7) is 3.69. The van der Waals surface area contributed by atoms with Gasteiger partial charge in [-0.15, -0.1) is 11.3 Å². The van der Waals surface area contributed by atoms with Crippen LogP contribution in [0.1, 0.15) is 15.5 Å². The Morgan fingerprint density at radius 2 is 2.62 bits per heavy atom. The van der Waals surface area contributed by atoms with Crippen molar-refractivity contribution >= 4 is 17.2 Å². The first kappa shape index (κ1) is 11.0. The zero-order valence-electron chi connectivity index (χ0n) is 8.93. The Labute approximate surface area is 97.7 Å². The van der Waals surface area contributed by atoms with Crippen LogP contribution < -0.4 is 5.32 Å². The molecule has 84 valence electrons. The van der Waals surface area contributed by atoms with Gasteiger partial charge in [-0.25, -0.2) is 4.98 Å². The summed E-state index contributed by atoms with van der Waals surface area (Å²) < 4.78 is 0. The molecule has 0 aliphatic carbocycles. The molecule has 1 aromatic heterocycles. The Balaban J connectivity index is 2.17. The van der Waals surface area contributed by atoms with Gasteiger partial charge >= 0.3 is 0 Å². The van der Waals surface area contributed by atoms with E-state index in [1.807, 2.05) is 6.92 Å². The number of amides is 1. The third-order valence-electron chi connectivity index (χ3n) is 2.49. The predicted octanol–water partition coefficient (Wildman–Crippen LogP) is 0.389. The lowest BCUT2D eigenvalue weighted by molar-refractivity contribution is 0.0681. The van der Waals surface area contributed by atoms with Crippen LogP contribution in [0, 0.1) is 18.3 Å². The molecule has 0 saturated carbocycles. The molecule has 1 N–H and O–H groups in total. The van der Waals surface area contributed by atoms with Crippen LogP contribution in [0.25, 0.3) is 0 Å². The molecule has 0 spiro atoms. The highest BCUT2D eigenvalue weighted by Gasteiger charge is 2.28. The molecule has 1 atom stereocenters. The first-order valence-corrected chi connectivity index (χ1v) is 5.94. The van der Waals surface area contributed by atoms with E-state index in [0.29, 0.717) is 18.8 Å². The molecule has 0 radical (unpaired) electrons. The Morgan fingerprint density at radius 1 is 1.81 bits per heavy atom. The summed E-state index contributed by atoms with van der Waals surface area (Å²) in [5.74, 6) is -0.141. The van der Waals surface area contributed by atoms with E-state index < -0.39 is 0 Å². The summed E-state index contributed by atoms with van der Waals surface area (Å²) in [5.41, 5.74) is 0.449. The van der Waals surface area contributed by atoms with Gasteiger partial charge < -0.3 is 10.2 Å². The molecule has 2 rings (SSSR count). The number of rotatable bonds is 1. The summed E-state index contributed by atoms with van der Waals surface area (Å²) in [6.07, 6.45) is 0. The number of aromatic nitrogens is 1. The summed E-state index contributed by atoms with van der Waals surface area (Å²) in [4.78, 5) is 17.8. The highest BCUT2D eigenvalue weighted by Crippen LogP contribution is 2.13. The van der Waals surface area contributed by atoms with Gasteiger partial charge in [0.15, 0.2) is 0 Å². The molecule has 1 saturated heterocycles. The molecule has 16 heavy (non-hydrogen) atoms. The second kappa shape index (κ2) is 4.60. The zero-order chi connectivity index (χ0) is 11.5. The van der Waals surface area contributed by atoms with Crippen molar-refractivity contribution in [2.45, 2.75) is 13.0 Å². The first-order valence-electron chi connectivity index (χ1n) is 5.06. The van der Waals surface area contributed by atoms with Gasteiger partial charge in [0.25, 0.3) is 5.91 Å². The van der Waals surface area contributed by atoms with Crippen molar-refractivity contribution in [3.05, 3.63) is 16.1 Å². The predicted molar refractivity (Wildman–Crippen MR) is 60.2 cm³/mol. The minimum Gasteiger partial charge on any atom is -0.319 e. The van der Waals surface area contributed by atoms with Gasteiger partial charge in [0.1, 0.15) is 11.7 Å². The number of piperazine rings is 1. The minimum atomic E-state index is -0.386. The molecule has 0 aromatic carbocycles. The van der Waals surface area contributed by atoms with Crippen molar-refractivity contribution in [3.63, 3.8) is 0 Å². The molecule has 6 heteroatoms. The standard InChI is InChI=1S/C10H12N4OS/c1-7-13-9(6-16-7)10(15)14-3-2-12-5-8(14)4-11/h6,8,12H,2-3,5H2,1H3. The van der Waals surface area contributed by atoms with Gasteiger partial charge in [0.2, 0.25) is 0 Å². The minimum absolute atomic E-state index is 0.141. The Bertz CT molecular complexity index is 436. The van der Waals surface area contributed by atoms with Gasteiger partial charge in [0.05, 0.1) is 11.1 Å². The van der Waals surface area contributed by atoms with E-state index in [0.717, 1.165) is 11.6 Å². The Morgan fingerprint density at radius 3 is 3.25 bits per heavy atom. The number of nitrogens with zero attached hydrogens (tertiary/aromatic N) is 3. The fourth-order valence-corrected chi connectivity index (χ4v) is 2.26. The second-order valence-electron chi connectivity index (χ2n) is 3.60. The number of nitrogens with one attached hydrogen (secondary N) is 1. The highest BCUT2D eigenvalue weighted by atomic mass is 32.1. The molecular formula is C10H12N4OS. The van der Waals surface area contributed by atoms with Crippen molar-refractivity contribution in [1.29, 1.82) is 5.26 Å². The van der Waals surface area contributed by atoms with Crippen molar-refractivity contribution in [2.75, 3.05) is 19.6 Å². The average molecular weight is 236 g/mol. The van der Waals surface area contributed by atoms with Crippen LogP contribution in [0.3, 0.4) is 0 Å². The van der Waals surface area contributed by atoms with Crippen LogP contribution in [-0.2, 0) is 0 Å². The average Bonchev–Trinajstić information content (AvgIpc) is 2.75. The van der Waals surface area contributed by atoms with E-state index in [9.17, 15) is 4.79 Å². The third kappa shape index (κ3) is 2.05. The molecule has 5 nitrogen and oxygen atoms in total. The zero-order valence-corrected chi connectivity index (χ0v) is 9.75. The van der Waals surface area contributed by atoms with Crippen molar-refractivity contribution < 1.29 is 4.79 Å². The molecule has 2 heterocycles. The fourth-order valence-electron chi connectivity index (χ4n) is 1.67. The first-order chi connectivity index (χ1) is 7.72. The largest absolute Gasteiger partial charge is 0.319 e. The molecule has 0 bridgehead atoms. The highest BCUT2D eigenvalue weighted by molar-refractivity contribution is 7.09. The smallest absolute Gasteiger partial charge is 0.274 e. The number of thiazole rings is 1. The van der Waals surface area contributed by atoms with Crippen LogP contribution in [0.2, 0.25) is 0 Å². The molecular weight excluding hydrogens is 224 g/mol. The number of carbonyl (C=O) groups is 1. The lowest BCUT2D eigenvalue weighted by Gasteiger charge is -2.31. The number of nitriles is 1. The van der Waals surface area contributed by atoms with Gasteiger partial charge in [-0.1, -0.05) is 0 Å². The quantitative estimate of drug-likeness (QED) is 0.765. The van der Waals surface area contributed by atoms with Crippen LogP contribution in [0.4, 0.5) is 0 Å². The van der Waals surface area contributed by atoms with E-state index in [2.05, 4.69) is 16.4 Å². The normalized spacial score (nSPS) is 20.5. The summed E-state index contributed by atoms with van der Waals surface area (Å²) in [6, 6.07) is 1.74. The maximum absolute atomic E-state index is 12.1. The number of carbonyl (C=O) groups excluding carboxylic acids is 1. The summed E-state index contributed by atoms with van der Waals surface area (Å²) in [5, 5.41) is 14.7. The monoisotopic (exact) mass is 236 g/mol. The summed E-state index contributed by atoms with van der Waals surface area (Å²) in [7, 11) is 0. The van der Waals surface area contributed by atoms with Crippen LogP contribution in [0.5, 0.6) is 0 Å². The van der Waals surface area contributed by atoms with Crippen LogP contribution in [0.15, 0.2) is 5.38 Å². The Hall–Kier alpha value is -1.45. The number of hydrogen-bond donors (Lipinski definition) is 1. The van der Waals surface area contributed by atoms with Gasteiger partial charge in [-0.2, -0.15) is 5.26 Å². The van der Waals surface area contributed by atoms with E-state index in [1.54, 1.807) is 10.3 Å². The van der Waals surface area contributed by atoms with E-state index in [4.69, 9.17) is 5.26 Å². The van der Waals surface area contributed by atoms with Gasteiger partial charge in [-0.3, -0.25) is 4.79 Å². The molecule has 1 fully saturated rings. The van der Waals surface area contributed by atoms with Crippen molar-refractivity contribution in [3.8, 4) is 6.07 Å². The summed E-state index contributed by atoms with van der Waals surface area (Å²) >= 11 is 1.45. The van der Waals surface area contributed by atoms with Gasteiger partial charge in [0, 0.05) is 25.0 Å². The molecule has 1 aliphatic heterocycles. The van der Waals surface area contributed by atoms with Crippen LogP contribution in [-0.4, -0.2) is 41.5 Å². The SMILES string of the molecule is Cc1nc(C(=O)N2CCNCC2C#N)cs1. The molecule has 1 aliphatic rings. The fraction of sp³-hybridized carbons (Fsp3) is 0.500. The third-order valence-corrected chi connectivity index (χ3v) is 3.26. The van der Waals surface area contributed by atoms with Gasteiger partial charge in [-0.05, 0) is 6.92 Å². The lowest BCUT2D eigenvalue weighted by Crippen LogP contribution is -2.53. The molecule has 1 aromatic rings. The molecule has 1 amide bonds. The maximum Gasteiger partial charge on any atom is 0.274 e. The van der Waals surface area contributed by atoms with Crippen LogP contribution >= 0.6 is 11.3 Å². The van der Waals surface area contributed by atoms with E-state index in [-0.39, 0.29) is 11.9 Å². The van der Waals surface area contributed by atoms with Crippen molar-refractivity contribution in [1.82, 2.24) is 15.2 Å². The number of hydrogen-bond acceptors (Lipinski definition) is 5. The topological polar surface area (TPSA) is 69.0 Å².